The highest BCUT2D eigenvalue weighted by atomic mass is 19.3. The van der Waals surface area contributed by atoms with Crippen molar-refractivity contribution in [3.63, 3.8) is 0 Å². The topological polar surface area (TPSA) is 38.3 Å². The molecule has 1 N–H and O–H groups in total. The van der Waals surface area contributed by atoms with E-state index in [1.807, 2.05) is 6.07 Å². The van der Waals surface area contributed by atoms with E-state index in [2.05, 4.69) is 11.9 Å². The van der Waals surface area contributed by atoms with Crippen molar-refractivity contribution in [3.8, 4) is 0 Å². The fraction of sp³-hybridized carbons (Fsp3) is 0.308. The maximum absolute atomic E-state index is 12.6. The lowest BCUT2D eigenvalue weighted by Crippen LogP contribution is -2.43. The van der Waals surface area contributed by atoms with Crippen LogP contribution in [0.4, 0.5) is 8.78 Å². The molecule has 0 bridgehead atoms. The summed E-state index contributed by atoms with van der Waals surface area (Å²) in [4.78, 5) is 11.5. The molecular weight excluding hydrogens is 240 g/mol. The summed E-state index contributed by atoms with van der Waals surface area (Å²) in [7, 11) is 0. The second-order valence-corrected chi connectivity index (χ2v) is 3.60. The fourth-order valence-electron chi connectivity index (χ4n) is 1.30. The van der Waals surface area contributed by atoms with Gasteiger partial charge in [0.25, 0.3) is 6.43 Å². The molecule has 98 valence electrons. The van der Waals surface area contributed by atoms with E-state index in [9.17, 15) is 13.6 Å². The zero-order valence-corrected chi connectivity index (χ0v) is 9.81. The second-order valence-electron chi connectivity index (χ2n) is 3.60. The standard InChI is InChI=1S/C13H15F2NO2/c1-2-8-16-11(12(14)15)13(17)18-9-10-6-4-3-5-7-10/h2-7,11-12,16H,1,8-9H2. The molecule has 1 aromatic rings. The van der Waals surface area contributed by atoms with Crippen LogP contribution in [-0.2, 0) is 16.1 Å². The molecule has 0 saturated heterocycles. The molecule has 0 fully saturated rings. The van der Waals surface area contributed by atoms with Crippen molar-refractivity contribution in [1.29, 1.82) is 0 Å². The molecule has 0 saturated carbocycles. The summed E-state index contributed by atoms with van der Waals surface area (Å²) in [6, 6.07) is 7.27. The number of nitrogens with one attached hydrogen (secondary N) is 1. The van der Waals surface area contributed by atoms with Crippen LogP contribution in [0.25, 0.3) is 0 Å². The number of benzene rings is 1. The van der Waals surface area contributed by atoms with Gasteiger partial charge in [-0.2, -0.15) is 0 Å². The van der Waals surface area contributed by atoms with Gasteiger partial charge in [0.05, 0.1) is 0 Å². The van der Waals surface area contributed by atoms with Gasteiger partial charge >= 0.3 is 5.97 Å². The normalized spacial score (nSPS) is 12.2. The monoisotopic (exact) mass is 255 g/mol. The summed E-state index contributed by atoms with van der Waals surface area (Å²) in [6.07, 6.45) is -1.41. The Morgan fingerprint density at radius 3 is 2.61 bits per heavy atom. The van der Waals surface area contributed by atoms with Gasteiger partial charge in [0.15, 0.2) is 6.04 Å². The molecule has 0 aliphatic heterocycles. The average Bonchev–Trinajstić information content (AvgIpc) is 2.37. The van der Waals surface area contributed by atoms with Crippen LogP contribution in [-0.4, -0.2) is 25.0 Å². The molecular formula is C13H15F2NO2. The van der Waals surface area contributed by atoms with E-state index in [4.69, 9.17) is 4.74 Å². The quantitative estimate of drug-likeness (QED) is 0.599. The van der Waals surface area contributed by atoms with Crippen LogP contribution >= 0.6 is 0 Å². The first-order valence-corrected chi connectivity index (χ1v) is 5.48. The molecule has 1 atom stereocenters. The molecule has 0 spiro atoms. The Bertz CT molecular complexity index is 382. The molecule has 3 nitrogen and oxygen atoms in total. The Kier molecular flexibility index (Phi) is 6.00. The van der Waals surface area contributed by atoms with E-state index in [0.717, 1.165) is 5.56 Å². The highest BCUT2D eigenvalue weighted by Gasteiger charge is 2.28. The molecule has 1 rings (SSSR count). The van der Waals surface area contributed by atoms with Gasteiger partial charge in [0, 0.05) is 6.54 Å². The number of ether oxygens (including phenoxy) is 1. The van der Waals surface area contributed by atoms with Crippen LogP contribution in [0.1, 0.15) is 5.56 Å². The zero-order valence-electron chi connectivity index (χ0n) is 9.81. The highest BCUT2D eigenvalue weighted by Crippen LogP contribution is 2.06. The SMILES string of the molecule is C=CCNC(C(=O)OCc1ccccc1)C(F)F. The molecule has 1 aromatic carbocycles. The van der Waals surface area contributed by atoms with Gasteiger partial charge in [-0.1, -0.05) is 36.4 Å². The molecule has 0 aliphatic rings. The first-order valence-electron chi connectivity index (χ1n) is 5.48. The number of alkyl halides is 2. The zero-order chi connectivity index (χ0) is 13.4. The number of rotatable bonds is 7. The third-order valence-electron chi connectivity index (χ3n) is 2.21. The van der Waals surface area contributed by atoms with Crippen LogP contribution in [0.15, 0.2) is 43.0 Å². The predicted octanol–water partition coefficient (Wildman–Crippen LogP) is 2.14. The lowest BCUT2D eigenvalue weighted by molar-refractivity contribution is -0.151. The van der Waals surface area contributed by atoms with Gasteiger partial charge in [0.1, 0.15) is 6.61 Å². The summed E-state index contributed by atoms with van der Waals surface area (Å²) < 4.78 is 30.0. The van der Waals surface area contributed by atoms with E-state index in [0.29, 0.717) is 0 Å². The predicted molar refractivity (Wildman–Crippen MR) is 64.2 cm³/mol. The number of carbonyl (C=O) groups is 1. The van der Waals surface area contributed by atoms with E-state index in [1.165, 1.54) is 6.08 Å². The number of hydrogen-bond donors (Lipinski definition) is 1. The maximum Gasteiger partial charge on any atom is 0.329 e. The van der Waals surface area contributed by atoms with E-state index < -0.39 is 18.4 Å². The van der Waals surface area contributed by atoms with Gasteiger partial charge in [0.2, 0.25) is 0 Å². The third-order valence-corrected chi connectivity index (χ3v) is 2.21. The Balaban J connectivity index is 2.48. The molecule has 0 amide bonds. The van der Waals surface area contributed by atoms with E-state index >= 15 is 0 Å². The number of esters is 1. The van der Waals surface area contributed by atoms with E-state index in [1.54, 1.807) is 24.3 Å². The minimum absolute atomic E-state index is 0.0152. The molecule has 18 heavy (non-hydrogen) atoms. The van der Waals surface area contributed by atoms with Gasteiger partial charge in [-0.3, -0.25) is 10.1 Å². The minimum Gasteiger partial charge on any atom is -0.459 e. The molecule has 1 unspecified atom stereocenters. The van der Waals surface area contributed by atoms with Gasteiger partial charge in [-0.25, -0.2) is 8.78 Å². The van der Waals surface area contributed by atoms with E-state index in [-0.39, 0.29) is 13.2 Å². The lowest BCUT2D eigenvalue weighted by atomic mass is 10.2. The van der Waals surface area contributed by atoms with Crippen LogP contribution in [0.2, 0.25) is 0 Å². The van der Waals surface area contributed by atoms with Crippen molar-refractivity contribution in [2.75, 3.05) is 6.54 Å². The Morgan fingerprint density at radius 2 is 2.06 bits per heavy atom. The van der Waals surface area contributed by atoms with Gasteiger partial charge < -0.3 is 4.74 Å². The van der Waals surface area contributed by atoms with Crippen molar-refractivity contribution in [3.05, 3.63) is 48.6 Å². The third kappa shape index (κ3) is 4.63. The molecule has 0 aliphatic carbocycles. The second kappa shape index (κ2) is 7.55. The van der Waals surface area contributed by atoms with Crippen molar-refractivity contribution < 1.29 is 18.3 Å². The first kappa shape index (κ1) is 14.3. The fourth-order valence-corrected chi connectivity index (χ4v) is 1.30. The smallest absolute Gasteiger partial charge is 0.329 e. The number of hydrogen-bond acceptors (Lipinski definition) is 3. The van der Waals surface area contributed by atoms with Gasteiger partial charge in [-0.15, -0.1) is 6.58 Å². The largest absolute Gasteiger partial charge is 0.459 e. The van der Waals surface area contributed by atoms with Crippen molar-refractivity contribution in [2.24, 2.45) is 0 Å². The molecule has 0 aromatic heterocycles. The summed E-state index contributed by atoms with van der Waals surface area (Å²) in [5.41, 5.74) is 0.752. The maximum atomic E-state index is 12.6. The molecule has 0 radical (unpaired) electrons. The molecule has 5 heteroatoms. The summed E-state index contributed by atoms with van der Waals surface area (Å²) in [5.74, 6) is -0.962. The van der Waals surface area contributed by atoms with Crippen LogP contribution in [0, 0.1) is 0 Å². The highest BCUT2D eigenvalue weighted by molar-refractivity contribution is 5.76. The summed E-state index contributed by atoms with van der Waals surface area (Å²) >= 11 is 0. The Morgan fingerprint density at radius 1 is 1.39 bits per heavy atom. The van der Waals surface area contributed by atoms with Crippen molar-refractivity contribution in [1.82, 2.24) is 5.32 Å². The molecule has 0 heterocycles. The number of halogens is 2. The first-order chi connectivity index (χ1) is 8.65. The lowest BCUT2D eigenvalue weighted by Gasteiger charge is -2.15. The minimum atomic E-state index is -2.81. The van der Waals surface area contributed by atoms with Crippen LogP contribution in [0.3, 0.4) is 0 Å². The van der Waals surface area contributed by atoms with Gasteiger partial charge in [-0.05, 0) is 5.56 Å². The summed E-state index contributed by atoms with van der Waals surface area (Å²) in [5, 5.41) is 2.36. The Hall–Kier alpha value is -1.75. The average molecular weight is 255 g/mol. The van der Waals surface area contributed by atoms with Crippen molar-refractivity contribution in [2.45, 2.75) is 19.1 Å². The van der Waals surface area contributed by atoms with Crippen LogP contribution < -0.4 is 5.32 Å². The number of carbonyl (C=O) groups excluding carboxylic acids is 1. The Labute approximate surface area is 104 Å². The van der Waals surface area contributed by atoms with Crippen molar-refractivity contribution >= 4 is 5.97 Å². The van der Waals surface area contributed by atoms with Crippen LogP contribution in [0.5, 0.6) is 0 Å². The summed E-state index contributed by atoms with van der Waals surface area (Å²) in [6.45, 7) is 3.49.